The molecule has 4 rings (SSSR count). The van der Waals surface area contributed by atoms with Gasteiger partial charge in [-0.15, -0.1) is 0 Å². The smallest absolute Gasteiger partial charge is 0.0148 e. The SMILES string of the molecule is CC12CC3(C)CC(C)(CC(C)(C1)C3N)C2N. The van der Waals surface area contributed by atoms with Crippen molar-refractivity contribution < 1.29 is 0 Å². The molecule has 0 aromatic rings. The molecule has 4 aliphatic carbocycles. The first-order valence-corrected chi connectivity index (χ1v) is 6.65. The van der Waals surface area contributed by atoms with E-state index < -0.39 is 0 Å². The van der Waals surface area contributed by atoms with Crippen LogP contribution in [0, 0.1) is 21.7 Å². The molecule has 0 aromatic heterocycles. The highest BCUT2D eigenvalue weighted by Gasteiger charge is 2.69. The van der Waals surface area contributed by atoms with Crippen LogP contribution in [0.2, 0.25) is 0 Å². The van der Waals surface area contributed by atoms with E-state index in [0.29, 0.717) is 33.7 Å². The van der Waals surface area contributed by atoms with Crippen molar-refractivity contribution >= 4 is 0 Å². The van der Waals surface area contributed by atoms with Gasteiger partial charge in [-0.3, -0.25) is 0 Å². The van der Waals surface area contributed by atoms with E-state index in [1.165, 1.54) is 25.7 Å². The van der Waals surface area contributed by atoms with Gasteiger partial charge < -0.3 is 11.5 Å². The van der Waals surface area contributed by atoms with E-state index in [-0.39, 0.29) is 0 Å². The van der Waals surface area contributed by atoms with Gasteiger partial charge >= 0.3 is 0 Å². The highest BCUT2D eigenvalue weighted by atomic mass is 14.9. The minimum atomic E-state index is 0.324. The molecule has 4 N–H and O–H groups in total. The number of hydrogen-bond donors (Lipinski definition) is 2. The quantitative estimate of drug-likeness (QED) is 0.660. The largest absolute Gasteiger partial charge is 0.327 e. The molecule has 0 unspecified atom stereocenters. The third kappa shape index (κ3) is 1.01. The van der Waals surface area contributed by atoms with Crippen molar-refractivity contribution in [2.75, 3.05) is 0 Å². The second-order valence-corrected chi connectivity index (χ2v) is 8.28. The number of hydrogen-bond acceptors (Lipinski definition) is 2. The van der Waals surface area contributed by atoms with E-state index in [0.717, 1.165) is 0 Å². The summed E-state index contributed by atoms with van der Waals surface area (Å²) >= 11 is 0. The first-order chi connectivity index (χ1) is 7.14. The lowest BCUT2D eigenvalue weighted by molar-refractivity contribution is -0.202. The number of rotatable bonds is 0. The summed E-state index contributed by atoms with van der Waals surface area (Å²) in [6.07, 6.45) is 4.92. The summed E-state index contributed by atoms with van der Waals surface area (Å²) in [5, 5.41) is 0. The second-order valence-electron chi connectivity index (χ2n) is 8.28. The summed E-state index contributed by atoms with van der Waals surface area (Å²) in [6.45, 7) is 9.60. The van der Waals surface area contributed by atoms with Crippen LogP contribution in [0.25, 0.3) is 0 Å². The maximum absolute atomic E-state index is 6.56. The van der Waals surface area contributed by atoms with Gasteiger partial charge in [-0.1, -0.05) is 27.7 Å². The minimum absolute atomic E-state index is 0.324. The third-order valence-electron chi connectivity index (χ3n) is 6.23. The highest BCUT2D eigenvalue weighted by molar-refractivity contribution is 5.22. The molecule has 0 saturated heterocycles. The molecule has 0 aliphatic heterocycles. The van der Waals surface area contributed by atoms with Crippen molar-refractivity contribution in [1.82, 2.24) is 0 Å². The van der Waals surface area contributed by atoms with Gasteiger partial charge in [0.2, 0.25) is 0 Å². The van der Waals surface area contributed by atoms with Crippen LogP contribution < -0.4 is 11.5 Å². The van der Waals surface area contributed by atoms with Crippen LogP contribution in [-0.2, 0) is 0 Å². The van der Waals surface area contributed by atoms with E-state index in [2.05, 4.69) is 27.7 Å². The van der Waals surface area contributed by atoms with Crippen LogP contribution in [0.1, 0.15) is 53.4 Å². The fourth-order valence-corrected chi connectivity index (χ4v) is 6.50. The van der Waals surface area contributed by atoms with Crippen LogP contribution in [-0.4, -0.2) is 12.1 Å². The van der Waals surface area contributed by atoms with E-state index in [4.69, 9.17) is 11.5 Å². The van der Waals surface area contributed by atoms with Crippen molar-refractivity contribution in [3.63, 3.8) is 0 Å². The van der Waals surface area contributed by atoms with Crippen LogP contribution in [0.15, 0.2) is 0 Å². The average Bonchev–Trinajstić information content (AvgIpc) is 2.08. The maximum Gasteiger partial charge on any atom is 0.0148 e. The number of nitrogens with two attached hydrogens (primary N) is 2. The third-order valence-corrected chi connectivity index (χ3v) is 6.23. The lowest BCUT2D eigenvalue weighted by atomic mass is 9.33. The lowest BCUT2D eigenvalue weighted by Crippen LogP contribution is -2.75. The van der Waals surface area contributed by atoms with Gasteiger partial charge in [-0.25, -0.2) is 0 Å². The Morgan fingerprint density at radius 1 is 0.625 bits per heavy atom. The molecule has 0 radical (unpaired) electrons. The zero-order valence-corrected chi connectivity index (χ0v) is 11.1. The minimum Gasteiger partial charge on any atom is -0.327 e. The molecule has 2 nitrogen and oxygen atoms in total. The molecule has 4 bridgehead atoms. The van der Waals surface area contributed by atoms with Crippen molar-refractivity contribution in [3.8, 4) is 0 Å². The van der Waals surface area contributed by atoms with E-state index in [1.807, 2.05) is 0 Å². The van der Waals surface area contributed by atoms with Gasteiger partial charge in [0, 0.05) is 12.1 Å². The molecule has 92 valence electrons. The zero-order valence-electron chi connectivity index (χ0n) is 11.1. The first-order valence-electron chi connectivity index (χ1n) is 6.65. The maximum atomic E-state index is 6.56. The fourth-order valence-electron chi connectivity index (χ4n) is 6.50. The Hall–Kier alpha value is -0.0800. The molecule has 4 fully saturated rings. The van der Waals surface area contributed by atoms with Crippen LogP contribution >= 0.6 is 0 Å². The summed E-state index contributed by atoms with van der Waals surface area (Å²) in [7, 11) is 0. The van der Waals surface area contributed by atoms with Crippen LogP contribution in [0.4, 0.5) is 0 Å². The molecule has 0 aromatic carbocycles. The molecule has 0 heterocycles. The lowest BCUT2D eigenvalue weighted by Gasteiger charge is -2.73. The predicted molar refractivity (Wildman–Crippen MR) is 66.8 cm³/mol. The van der Waals surface area contributed by atoms with Gasteiger partial charge in [0.1, 0.15) is 0 Å². The average molecular weight is 222 g/mol. The topological polar surface area (TPSA) is 52.0 Å². The van der Waals surface area contributed by atoms with Crippen molar-refractivity contribution in [2.24, 2.45) is 33.1 Å². The Morgan fingerprint density at radius 2 is 0.812 bits per heavy atom. The van der Waals surface area contributed by atoms with Gasteiger partial charge in [0.25, 0.3) is 0 Å². The normalized spacial score (nSPS) is 68.6. The standard InChI is InChI=1S/C14H26N2/c1-11-5-12(2)7-14(4,9(11)15)8-13(3,6-11)10(12)16/h9-10H,5-8,15-16H2,1-4H3. The molecular weight excluding hydrogens is 196 g/mol. The van der Waals surface area contributed by atoms with E-state index >= 15 is 0 Å². The molecule has 0 spiro atoms. The Kier molecular flexibility index (Phi) is 1.73. The molecule has 2 heteroatoms. The predicted octanol–water partition coefficient (Wildman–Crippen LogP) is 2.27. The Balaban J connectivity index is 2.15. The monoisotopic (exact) mass is 222 g/mol. The Morgan fingerprint density at radius 3 is 1.00 bits per heavy atom. The summed E-state index contributed by atoms with van der Waals surface area (Å²) < 4.78 is 0. The Labute approximate surface area is 99.1 Å². The van der Waals surface area contributed by atoms with Gasteiger partial charge in [-0.2, -0.15) is 0 Å². The highest BCUT2D eigenvalue weighted by Crippen LogP contribution is 2.72. The fraction of sp³-hybridized carbons (Fsp3) is 1.00. The van der Waals surface area contributed by atoms with Gasteiger partial charge in [-0.05, 0) is 47.3 Å². The van der Waals surface area contributed by atoms with Crippen molar-refractivity contribution in [3.05, 3.63) is 0 Å². The van der Waals surface area contributed by atoms with Crippen molar-refractivity contribution in [1.29, 1.82) is 0 Å². The summed E-state index contributed by atoms with van der Waals surface area (Å²) in [6, 6.07) is 0.738. The van der Waals surface area contributed by atoms with Crippen LogP contribution in [0.5, 0.6) is 0 Å². The van der Waals surface area contributed by atoms with E-state index in [9.17, 15) is 0 Å². The first kappa shape index (κ1) is 11.0. The summed E-state index contributed by atoms with van der Waals surface area (Å²) in [5.41, 5.74) is 14.4. The molecule has 16 heavy (non-hydrogen) atoms. The van der Waals surface area contributed by atoms with Crippen molar-refractivity contribution in [2.45, 2.75) is 65.5 Å². The van der Waals surface area contributed by atoms with Crippen LogP contribution in [0.3, 0.4) is 0 Å². The van der Waals surface area contributed by atoms with Gasteiger partial charge in [0.05, 0.1) is 0 Å². The molecular formula is C14H26N2. The summed E-state index contributed by atoms with van der Waals surface area (Å²) in [5.74, 6) is 0. The molecule has 4 saturated carbocycles. The zero-order chi connectivity index (χ0) is 12.0. The molecule has 0 atom stereocenters. The van der Waals surface area contributed by atoms with E-state index in [1.54, 1.807) is 0 Å². The molecule has 4 aliphatic rings. The second kappa shape index (κ2) is 2.51. The Bertz CT molecular complexity index is 273. The van der Waals surface area contributed by atoms with Gasteiger partial charge in [0.15, 0.2) is 0 Å². The molecule has 0 amide bonds. The summed E-state index contributed by atoms with van der Waals surface area (Å²) in [4.78, 5) is 0.